The fraction of sp³-hybridized carbons (Fsp3) is 0.0909. The molecule has 4 heteroatoms. The molecule has 0 aliphatic carbocycles. The number of hydrogen-bond donors (Lipinski definition) is 1. The van der Waals surface area contributed by atoms with Crippen molar-refractivity contribution in [1.29, 1.82) is 0 Å². The molecule has 0 amide bonds. The molecule has 4 nitrogen and oxygen atoms in total. The third-order valence-electron chi connectivity index (χ3n) is 4.57. The lowest BCUT2D eigenvalue weighted by Crippen LogP contribution is -2.24. The molecule has 1 heterocycles. The zero-order valence-electron chi connectivity index (χ0n) is 14.5. The zero-order valence-corrected chi connectivity index (χ0v) is 14.5. The molecule has 0 unspecified atom stereocenters. The zero-order chi connectivity index (χ0) is 18.1. The number of fused-ring (bicyclic) bond motifs is 1. The largest absolute Gasteiger partial charge is 0.399 e. The molecule has 2 N–H and O–H groups in total. The first-order valence-corrected chi connectivity index (χ1v) is 8.53. The van der Waals surface area contributed by atoms with E-state index in [2.05, 4.69) is 41.4 Å². The highest BCUT2D eigenvalue weighted by atomic mass is 16.1. The Morgan fingerprint density at radius 3 is 2.35 bits per heavy atom. The Kier molecular flexibility index (Phi) is 4.01. The molecule has 0 aliphatic heterocycles. The van der Waals surface area contributed by atoms with Crippen LogP contribution in [0.4, 0.5) is 5.69 Å². The van der Waals surface area contributed by atoms with Crippen LogP contribution < -0.4 is 11.3 Å². The summed E-state index contributed by atoms with van der Waals surface area (Å²) in [5.41, 5.74) is 10.4. The number of nitrogen functional groups attached to an aromatic ring is 1. The van der Waals surface area contributed by atoms with Crippen molar-refractivity contribution in [2.24, 2.45) is 0 Å². The minimum atomic E-state index is -0.0630. The van der Waals surface area contributed by atoms with Crippen molar-refractivity contribution in [2.75, 3.05) is 5.73 Å². The first-order chi connectivity index (χ1) is 12.6. The monoisotopic (exact) mass is 341 g/mol. The second-order valence-electron chi connectivity index (χ2n) is 6.39. The highest BCUT2D eigenvalue weighted by Gasteiger charge is 2.09. The van der Waals surface area contributed by atoms with Gasteiger partial charge in [0.05, 0.1) is 17.4 Å². The van der Waals surface area contributed by atoms with Crippen molar-refractivity contribution in [3.63, 3.8) is 0 Å². The van der Waals surface area contributed by atoms with Crippen LogP contribution >= 0.6 is 0 Å². The van der Waals surface area contributed by atoms with E-state index in [0.717, 1.165) is 11.1 Å². The number of nitrogens with zero attached hydrogens (tertiary/aromatic N) is 2. The van der Waals surface area contributed by atoms with Gasteiger partial charge in [0.25, 0.3) is 5.56 Å². The molecule has 0 saturated carbocycles. The second-order valence-corrected chi connectivity index (χ2v) is 6.39. The maximum absolute atomic E-state index is 12.9. The van der Waals surface area contributed by atoms with Crippen LogP contribution in [0.3, 0.4) is 0 Å². The topological polar surface area (TPSA) is 60.9 Å². The first kappa shape index (κ1) is 16.1. The molecule has 26 heavy (non-hydrogen) atoms. The molecule has 0 saturated heterocycles. The smallest absolute Gasteiger partial charge is 0.261 e. The maximum Gasteiger partial charge on any atom is 0.261 e. The lowest BCUT2D eigenvalue weighted by Gasteiger charge is -2.12. The van der Waals surface area contributed by atoms with Crippen molar-refractivity contribution in [3.8, 4) is 11.1 Å². The number of nitrogens with two attached hydrogens (primary N) is 1. The predicted octanol–water partition coefficient (Wildman–Crippen LogP) is 4.00. The highest BCUT2D eigenvalue weighted by molar-refractivity contribution is 5.81. The quantitative estimate of drug-likeness (QED) is 0.573. The summed E-state index contributed by atoms with van der Waals surface area (Å²) < 4.78 is 1.69. The van der Waals surface area contributed by atoms with Crippen LogP contribution in [-0.2, 0) is 6.54 Å². The van der Waals surface area contributed by atoms with Crippen molar-refractivity contribution >= 4 is 16.6 Å². The molecule has 0 spiro atoms. The average Bonchev–Trinajstić information content (AvgIpc) is 2.67. The van der Waals surface area contributed by atoms with Crippen LogP contribution in [0.25, 0.3) is 22.0 Å². The molecule has 0 bridgehead atoms. The maximum atomic E-state index is 12.9. The van der Waals surface area contributed by atoms with Crippen molar-refractivity contribution in [1.82, 2.24) is 9.55 Å². The van der Waals surface area contributed by atoms with E-state index in [0.29, 0.717) is 29.0 Å². The summed E-state index contributed by atoms with van der Waals surface area (Å²) in [4.78, 5) is 17.4. The van der Waals surface area contributed by atoms with Gasteiger partial charge in [-0.15, -0.1) is 0 Å². The van der Waals surface area contributed by atoms with E-state index in [-0.39, 0.29) is 5.56 Å². The number of benzene rings is 3. The molecular weight excluding hydrogens is 322 g/mol. The van der Waals surface area contributed by atoms with Crippen LogP contribution in [0.5, 0.6) is 0 Å². The number of rotatable bonds is 3. The summed E-state index contributed by atoms with van der Waals surface area (Å²) in [6, 6.07) is 23.7. The molecule has 0 aliphatic rings. The van der Waals surface area contributed by atoms with Gasteiger partial charge >= 0.3 is 0 Å². The average molecular weight is 341 g/mol. The molecule has 0 atom stereocenters. The Labute approximate surface area is 151 Å². The molecule has 0 radical (unpaired) electrons. The number of anilines is 1. The third-order valence-corrected chi connectivity index (χ3v) is 4.57. The summed E-state index contributed by atoms with van der Waals surface area (Å²) in [6.45, 7) is 2.34. The van der Waals surface area contributed by atoms with E-state index in [4.69, 9.17) is 5.73 Å². The van der Waals surface area contributed by atoms with E-state index < -0.39 is 0 Å². The van der Waals surface area contributed by atoms with E-state index >= 15 is 0 Å². The Morgan fingerprint density at radius 1 is 0.923 bits per heavy atom. The normalized spacial score (nSPS) is 11.0. The SMILES string of the molecule is Cc1nc2ccc(N)cc2c(=O)n1Cc1ccc(-c2ccccc2)cc1. The summed E-state index contributed by atoms with van der Waals surface area (Å²) >= 11 is 0. The van der Waals surface area contributed by atoms with Gasteiger partial charge in [0.15, 0.2) is 0 Å². The van der Waals surface area contributed by atoms with E-state index in [9.17, 15) is 4.79 Å². The van der Waals surface area contributed by atoms with Crippen molar-refractivity contribution < 1.29 is 0 Å². The van der Waals surface area contributed by atoms with Crippen molar-refractivity contribution in [3.05, 3.63) is 94.5 Å². The fourth-order valence-corrected chi connectivity index (χ4v) is 3.15. The van der Waals surface area contributed by atoms with E-state index in [1.165, 1.54) is 5.56 Å². The van der Waals surface area contributed by atoms with Crippen LogP contribution in [0.1, 0.15) is 11.4 Å². The second kappa shape index (κ2) is 6.48. The first-order valence-electron chi connectivity index (χ1n) is 8.53. The lowest BCUT2D eigenvalue weighted by molar-refractivity contribution is 0.713. The Balaban J connectivity index is 1.70. The van der Waals surface area contributed by atoms with E-state index in [1.807, 2.05) is 25.1 Å². The molecule has 4 rings (SSSR count). The van der Waals surface area contributed by atoms with Crippen LogP contribution in [-0.4, -0.2) is 9.55 Å². The lowest BCUT2D eigenvalue weighted by atomic mass is 10.0. The summed E-state index contributed by atoms with van der Waals surface area (Å²) in [6.07, 6.45) is 0. The molecule has 0 fully saturated rings. The number of aromatic nitrogens is 2. The van der Waals surface area contributed by atoms with Gasteiger partial charge in [0, 0.05) is 5.69 Å². The number of aryl methyl sites for hydroxylation is 1. The third kappa shape index (κ3) is 2.97. The number of hydrogen-bond acceptors (Lipinski definition) is 3. The molecular formula is C22H19N3O. The van der Waals surface area contributed by atoms with Gasteiger partial charge in [0.2, 0.25) is 0 Å². The molecule has 1 aromatic heterocycles. The van der Waals surface area contributed by atoms with Gasteiger partial charge in [-0.3, -0.25) is 9.36 Å². The molecule has 3 aromatic carbocycles. The van der Waals surface area contributed by atoms with Gasteiger partial charge < -0.3 is 5.73 Å². The minimum Gasteiger partial charge on any atom is -0.399 e. The van der Waals surface area contributed by atoms with Crippen molar-refractivity contribution in [2.45, 2.75) is 13.5 Å². The van der Waals surface area contributed by atoms with Gasteiger partial charge in [-0.2, -0.15) is 0 Å². The van der Waals surface area contributed by atoms with Crippen LogP contribution in [0.15, 0.2) is 77.6 Å². The summed E-state index contributed by atoms with van der Waals surface area (Å²) in [5, 5.41) is 0.552. The van der Waals surface area contributed by atoms with Gasteiger partial charge in [-0.1, -0.05) is 54.6 Å². The molecule has 4 aromatic rings. The van der Waals surface area contributed by atoms with Gasteiger partial charge in [-0.05, 0) is 41.8 Å². The highest BCUT2D eigenvalue weighted by Crippen LogP contribution is 2.20. The van der Waals surface area contributed by atoms with Crippen LogP contribution in [0, 0.1) is 6.92 Å². The van der Waals surface area contributed by atoms with Gasteiger partial charge in [-0.25, -0.2) is 4.98 Å². The van der Waals surface area contributed by atoms with Gasteiger partial charge in [0.1, 0.15) is 5.82 Å². The Bertz CT molecular complexity index is 1130. The Hall–Kier alpha value is -3.40. The van der Waals surface area contributed by atoms with E-state index in [1.54, 1.807) is 22.8 Å². The fourth-order valence-electron chi connectivity index (χ4n) is 3.15. The summed E-state index contributed by atoms with van der Waals surface area (Å²) in [7, 11) is 0. The Morgan fingerprint density at radius 2 is 1.62 bits per heavy atom. The molecule has 128 valence electrons. The standard InChI is InChI=1S/C22H19N3O/c1-15-24-21-12-11-19(23)13-20(21)22(26)25(15)14-16-7-9-18(10-8-16)17-5-3-2-4-6-17/h2-13H,14,23H2,1H3. The van der Waals surface area contributed by atoms with Crippen LogP contribution in [0.2, 0.25) is 0 Å². The minimum absolute atomic E-state index is 0.0630. The predicted molar refractivity (Wildman–Crippen MR) is 106 cm³/mol. The summed E-state index contributed by atoms with van der Waals surface area (Å²) in [5.74, 6) is 0.694.